The number of carbonyl (C=O) groups is 2. The summed E-state index contributed by atoms with van der Waals surface area (Å²) in [6, 6.07) is 8.09. The van der Waals surface area contributed by atoms with Crippen molar-refractivity contribution in [3.05, 3.63) is 41.1 Å². The molecule has 2 amide bonds. The minimum Gasteiger partial charge on any atom is -0.333 e. The fourth-order valence-corrected chi connectivity index (χ4v) is 3.28. The molecule has 0 atom stereocenters. The largest absolute Gasteiger partial charge is 0.333 e. The Kier molecular flexibility index (Phi) is 7.82. The molecular weight excluding hydrogens is 376 g/mol. The third kappa shape index (κ3) is 5.94. The predicted molar refractivity (Wildman–Crippen MR) is 122 cm³/mol. The van der Waals surface area contributed by atoms with Gasteiger partial charge in [-0.1, -0.05) is 58.7 Å². The van der Waals surface area contributed by atoms with E-state index < -0.39 is 0 Å². The summed E-state index contributed by atoms with van der Waals surface area (Å²) in [6.07, 6.45) is 2.25. The SMILES string of the molecule is CCCCN(CC(=O)Nc1cc(C(C)(C)C)nn1-c1ccc(C)cc1C)C(=O)CC. The molecule has 1 heterocycles. The molecule has 1 aromatic carbocycles. The molecule has 6 heteroatoms. The zero-order chi connectivity index (χ0) is 22.5. The summed E-state index contributed by atoms with van der Waals surface area (Å²) < 4.78 is 1.80. The van der Waals surface area contributed by atoms with Crippen molar-refractivity contribution in [3.8, 4) is 5.69 Å². The van der Waals surface area contributed by atoms with Crippen LogP contribution in [0.25, 0.3) is 5.69 Å². The zero-order valence-corrected chi connectivity index (χ0v) is 19.5. The predicted octanol–water partition coefficient (Wildman–Crippen LogP) is 4.76. The molecule has 0 fully saturated rings. The Hall–Kier alpha value is -2.63. The molecule has 0 saturated carbocycles. The van der Waals surface area contributed by atoms with Crippen molar-refractivity contribution in [2.24, 2.45) is 0 Å². The molecule has 0 aliphatic rings. The van der Waals surface area contributed by atoms with Gasteiger partial charge < -0.3 is 10.2 Å². The van der Waals surface area contributed by atoms with Gasteiger partial charge >= 0.3 is 0 Å². The third-order valence-electron chi connectivity index (χ3n) is 5.10. The highest BCUT2D eigenvalue weighted by Gasteiger charge is 2.23. The van der Waals surface area contributed by atoms with E-state index in [-0.39, 0.29) is 23.8 Å². The van der Waals surface area contributed by atoms with E-state index >= 15 is 0 Å². The molecule has 0 radical (unpaired) electrons. The van der Waals surface area contributed by atoms with Crippen LogP contribution in [0.15, 0.2) is 24.3 Å². The van der Waals surface area contributed by atoms with E-state index in [1.807, 2.05) is 32.0 Å². The van der Waals surface area contributed by atoms with Gasteiger partial charge in [0.25, 0.3) is 0 Å². The lowest BCUT2D eigenvalue weighted by molar-refractivity contribution is -0.134. The summed E-state index contributed by atoms with van der Waals surface area (Å²) in [6.45, 7) is 14.9. The van der Waals surface area contributed by atoms with Gasteiger partial charge in [-0.15, -0.1) is 0 Å². The van der Waals surface area contributed by atoms with E-state index in [0.29, 0.717) is 18.8 Å². The lowest BCUT2D eigenvalue weighted by Crippen LogP contribution is -2.38. The fraction of sp³-hybridized carbons (Fsp3) is 0.542. The zero-order valence-electron chi connectivity index (χ0n) is 19.5. The summed E-state index contributed by atoms with van der Waals surface area (Å²) in [5.74, 6) is 0.410. The van der Waals surface area contributed by atoms with Crippen molar-refractivity contribution in [2.75, 3.05) is 18.4 Å². The number of carbonyl (C=O) groups excluding carboxylic acids is 2. The van der Waals surface area contributed by atoms with Gasteiger partial charge in [0.1, 0.15) is 5.82 Å². The van der Waals surface area contributed by atoms with E-state index in [0.717, 1.165) is 29.8 Å². The summed E-state index contributed by atoms with van der Waals surface area (Å²) >= 11 is 0. The third-order valence-corrected chi connectivity index (χ3v) is 5.10. The van der Waals surface area contributed by atoms with Gasteiger partial charge in [0.2, 0.25) is 11.8 Å². The number of unbranched alkanes of at least 4 members (excludes halogenated alkanes) is 1. The van der Waals surface area contributed by atoms with Gasteiger partial charge in [-0.25, -0.2) is 4.68 Å². The number of amides is 2. The summed E-state index contributed by atoms with van der Waals surface area (Å²) in [5.41, 5.74) is 3.92. The van der Waals surface area contributed by atoms with Gasteiger partial charge in [-0.3, -0.25) is 9.59 Å². The number of aromatic nitrogens is 2. The molecule has 2 aromatic rings. The molecular formula is C24H36N4O2. The van der Waals surface area contributed by atoms with Crippen LogP contribution >= 0.6 is 0 Å². The van der Waals surface area contributed by atoms with E-state index in [1.165, 1.54) is 5.56 Å². The van der Waals surface area contributed by atoms with Crippen molar-refractivity contribution in [1.82, 2.24) is 14.7 Å². The molecule has 164 valence electrons. The fourth-order valence-electron chi connectivity index (χ4n) is 3.28. The highest BCUT2D eigenvalue weighted by atomic mass is 16.2. The number of anilines is 1. The van der Waals surface area contributed by atoms with Crippen LogP contribution in [0.1, 0.15) is 70.7 Å². The number of aryl methyl sites for hydroxylation is 2. The maximum Gasteiger partial charge on any atom is 0.245 e. The second-order valence-corrected chi connectivity index (χ2v) is 8.94. The molecule has 0 bridgehead atoms. The lowest BCUT2D eigenvalue weighted by Gasteiger charge is -2.21. The number of hydrogen-bond donors (Lipinski definition) is 1. The average Bonchev–Trinajstić information content (AvgIpc) is 3.08. The molecule has 0 aliphatic carbocycles. The number of benzene rings is 1. The van der Waals surface area contributed by atoms with Gasteiger partial charge in [-0.05, 0) is 31.9 Å². The number of nitrogens with one attached hydrogen (secondary N) is 1. The average molecular weight is 413 g/mol. The summed E-state index contributed by atoms with van der Waals surface area (Å²) in [7, 11) is 0. The van der Waals surface area contributed by atoms with Crippen LogP contribution in [-0.4, -0.2) is 39.6 Å². The summed E-state index contributed by atoms with van der Waals surface area (Å²) in [5, 5.41) is 7.79. The molecule has 1 aromatic heterocycles. The van der Waals surface area contributed by atoms with Crippen molar-refractivity contribution >= 4 is 17.6 Å². The van der Waals surface area contributed by atoms with Gasteiger partial charge in [0, 0.05) is 24.4 Å². The van der Waals surface area contributed by atoms with Crippen LogP contribution in [0, 0.1) is 13.8 Å². The lowest BCUT2D eigenvalue weighted by atomic mass is 9.92. The van der Waals surface area contributed by atoms with Crippen molar-refractivity contribution < 1.29 is 9.59 Å². The Balaban J connectivity index is 2.34. The first-order valence-corrected chi connectivity index (χ1v) is 10.8. The van der Waals surface area contributed by atoms with Crippen LogP contribution < -0.4 is 5.32 Å². The molecule has 0 unspecified atom stereocenters. The second kappa shape index (κ2) is 9.92. The van der Waals surface area contributed by atoms with Crippen molar-refractivity contribution in [3.63, 3.8) is 0 Å². The molecule has 30 heavy (non-hydrogen) atoms. The Bertz CT molecular complexity index is 893. The van der Waals surface area contributed by atoms with Crippen molar-refractivity contribution in [1.29, 1.82) is 0 Å². The Morgan fingerprint density at radius 2 is 1.83 bits per heavy atom. The minimum absolute atomic E-state index is 0.00290. The second-order valence-electron chi connectivity index (χ2n) is 8.94. The standard InChI is InChI=1S/C24H36N4O2/c1-8-10-13-27(23(30)9-2)16-22(29)25-21-15-20(24(5,6)7)26-28(21)19-12-11-17(3)14-18(19)4/h11-12,14-15H,8-10,13,16H2,1-7H3,(H,25,29). The molecule has 0 saturated heterocycles. The number of rotatable bonds is 8. The van der Waals surface area contributed by atoms with Crippen LogP contribution in [0.3, 0.4) is 0 Å². The monoisotopic (exact) mass is 412 g/mol. The van der Waals surface area contributed by atoms with Crippen LogP contribution in [0.4, 0.5) is 5.82 Å². The highest BCUT2D eigenvalue weighted by Crippen LogP contribution is 2.27. The van der Waals surface area contributed by atoms with E-state index in [1.54, 1.807) is 9.58 Å². The number of hydrogen-bond acceptors (Lipinski definition) is 3. The van der Waals surface area contributed by atoms with Gasteiger partial charge in [0.15, 0.2) is 0 Å². The Labute approximate surface area is 180 Å². The van der Waals surface area contributed by atoms with Crippen LogP contribution in [-0.2, 0) is 15.0 Å². The Morgan fingerprint density at radius 3 is 2.40 bits per heavy atom. The Morgan fingerprint density at radius 1 is 1.13 bits per heavy atom. The first kappa shape index (κ1) is 23.6. The molecule has 1 N–H and O–H groups in total. The minimum atomic E-state index is -0.209. The first-order chi connectivity index (χ1) is 14.1. The van der Waals surface area contributed by atoms with Crippen LogP contribution in [0.2, 0.25) is 0 Å². The normalized spacial score (nSPS) is 11.4. The quantitative estimate of drug-likeness (QED) is 0.679. The summed E-state index contributed by atoms with van der Waals surface area (Å²) in [4.78, 5) is 26.7. The molecule has 0 aliphatic heterocycles. The topological polar surface area (TPSA) is 67.2 Å². The molecule has 6 nitrogen and oxygen atoms in total. The van der Waals surface area contributed by atoms with Crippen molar-refractivity contribution in [2.45, 2.75) is 73.1 Å². The molecule has 0 spiro atoms. The van der Waals surface area contributed by atoms with E-state index in [9.17, 15) is 9.59 Å². The van der Waals surface area contributed by atoms with Gasteiger partial charge in [-0.2, -0.15) is 5.10 Å². The maximum absolute atomic E-state index is 12.8. The van der Waals surface area contributed by atoms with E-state index in [2.05, 4.69) is 46.0 Å². The van der Waals surface area contributed by atoms with Crippen LogP contribution in [0.5, 0.6) is 0 Å². The smallest absolute Gasteiger partial charge is 0.245 e. The number of nitrogens with zero attached hydrogens (tertiary/aromatic N) is 3. The maximum atomic E-state index is 12.8. The first-order valence-electron chi connectivity index (χ1n) is 10.8. The van der Waals surface area contributed by atoms with Gasteiger partial charge in [0.05, 0.1) is 17.9 Å². The highest BCUT2D eigenvalue weighted by molar-refractivity contribution is 5.94. The van der Waals surface area contributed by atoms with E-state index in [4.69, 9.17) is 5.10 Å². The molecule has 2 rings (SSSR count).